The van der Waals surface area contributed by atoms with Gasteiger partial charge in [-0.2, -0.15) is 0 Å². The van der Waals surface area contributed by atoms with Crippen molar-refractivity contribution in [1.29, 1.82) is 0 Å². The molecule has 7 nitrogen and oxygen atoms in total. The number of pyridine rings is 1. The predicted molar refractivity (Wildman–Crippen MR) is 156 cm³/mol. The molecule has 2 aliphatic rings. The van der Waals surface area contributed by atoms with Gasteiger partial charge in [-0.15, -0.1) is 0 Å². The van der Waals surface area contributed by atoms with Crippen molar-refractivity contribution < 1.29 is 14.6 Å². The van der Waals surface area contributed by atoms with Crippen LogP contribution in [-0.2, 0) is 11.2 Å². The highest BCUT2D eigenvalue weighted by molar-refractivity contribution is 6.29. The zero-order valence-electron chi connectivity index (χ0n) is 22.6. The van der Waals surface area contributed by atoms with Gasteiger partial charge in [-0.05, 0) is 60.9 Å². The third-order valence-corrected chi connectivity index (χ3v) is 8.48. The van der Waals surface area contributed by atoms with Crippen LogP contribution in [0.4, 0.5) is 0 Å². The number of nitrogens with zero attached hydrogens (tertiary/aromatic N) is 2. The molecule has 1 aliphatic carbocycles. The van der Waals surface area contributed by atoms with E-state index >= 15 is 0 Å². The molecule has 0 spiro atoms. The number of aryl methyl sites for hydroxylation is 2. The van der Waals surface area contributed by atoms with Crippen LogP contribution in [0.2, 0.25) is 5.15 Å². The molecule has 0 saturated heterocycles. The number of fused-ring (bicyclic) bond motifs is 5. The summed E-state index contributed by atoms with van der Waals surface area (Å²) in [5.74, 6) is 0.806. The summed E-state index contributed by atoms with van der Waals surface area (Å²) >= 11 is 6.03. The van der Waals surface area contributed by atoms with E-state index in [9.17, 15) is 9.90 Å². The van der Waals surface area contributed by atoms with Gasteiger partial charge >= 0.3 is 0 Å². The Morgan fingerprint density at radius 3 is 2.46 bits per heavy atom. The van der Waals surface area contributed by atoms with Crippen LogP contribution in [0.5, 0.6) is 11.5 Å². The number of hydrogen-bond donors (Lipinski definition) is 2. The number of rotatable bonds is 4. The maximum absolute atomic E-state index is 14.1. The van der Waals surface area contributed by atoms with Crippen LogP contribution in [0.1, 0.15) is 45.0 Å². The zero-order valence-corrected chi connectivity index (χ0v) is 23.4. The molecule has 41 heavy (non-hydrogen) atoms. The van der Waals surface area contributed by atoms with Crippen molar-refractivity contribution in [3.63, 3.8) is 0 Å². The Kier molecular flexibility index (Phi) is 5.61. The van der Waals surface area contributed by atoms with Gasteiger partial charge in [0.25, 0.3) is 5.56 Å². The van der Waals surface area contributed by atoms with E-state index in [4.69, 9.17) is 26.1 Å². The van der Waals surface area contributed by atoms with Gasteiger partial charge in [0.05, 0.1) is 24.3 Å². The minimum absolute atomic E-state index is 0.251. The second kappa shape index (κ2) is 9.03. The van der Waals surface area contributed by atoms with Gasteiger partial charge in [-0.25, -0.2) is 9.97 Å². The molecule has 0 radical (unpaired) electrons. The monoisotopic (exact) mass is 563 g/mol. The van der Waals surface area contributed by atoms with Crippen molar-refractivity contribution in [2.75, 3.05) is 7.11 Å². The lowest BCUT2D eigenvalue weighted by molar-refractivity contribution is -0.0906. The fourth-order valence-electron chi connectivity index (χ4n) is 6.67. The summed E-state index contributed by atoms with van der Waals surface area (Å²) in [6.45, 7) is 3.94. The molecule has 204 valence electrons. The molecular weight excluding hydrogens is 538 g/mol. The summed E-state index contributed by atoms with van der Waals surface area (Å²) in [5.41, 5.74) is 1.49. The Hall–Kier alpha value is -4.46. The molecule has 2 N–H and O–H groups in total. The largest absolute Gasteiger partial charge is 0.497 e. The van der Waals surface area contributed by atoms with Gasteiger partial charge in [-0.1, -0.05) is 60.1 Å². The van der Waals surface area contributed by atoms with Crippen molar-refractivity contribution in [3.8, 4) is 22.9 Å². The second-order valence-corrected chi connectivity index (χ2v) is 11.0. The number of ether oxygens (including phenoxy) is 2. The first-order valence-corrected chi connectivity index (χ1v) is 13.6. The smallest absolute Gasteiger partial charge is 0.255 e. The molecule has 2 aromatic heterocycles. The summed E-state index contributed by atoms with van der Waals surface area (Å²) in [5, 5.41) is 13.6. The van der Waals surface area contributed by atoms with Crippen molar-refractivity contribution in [3.05, 3.63) is 140 Å². The first-order valence-electron chi connectivity index (χ1n) is 13.3. The Balaban J connectivity index is 1.62. The number of aliphatic hydroxyl groups is 1. The average Bonchev–Trinajstić information content (AvgIpc) is 3.36. The van der Waals surface area contributed by atoms with Crippen molar-refractivity contribution in [2.24, 2.45) is 0 Å². The Labute approximate surface area is 241 Å². The molecule has 3 atom stereocenters. The molecule has 0 fully saturated rings. The van der Waals surface area contributed by atoms with Crippen LogP contribution in [0.15, 0.2) is 89.9 Å². The van der Waals surface area contributed by atoms with Crippen molar-refractivity contribution in [1.82, 2.24) is 15.0 Å². The fraction of sp³-hybridized carbons (Fsp3) is 0.182. The molecule has 0 amide bonds. The highest BCUT2D eigenvalue weighted by atomic mass is 35.5. The first-order chi connectivity index (χ1) is 19.8. The molecule has 1 aliphatic heterocycles. The van der Waals surface area contributed by atoms with E-state index in [2.05, 4.69) is 9.97 Å². The predicted octanol–water partition coefficient (Wildman–Crippen LogP) is 5.78. The Morgan fingerprint density at radius 2 is 1.78 bits per heavy atom. The number of nitrogens with one attached hydrogen (secondary N) is 1. The molecule has 0 bridgehead atoms. The van der Waals surface area contributed by atoms with Crippen LogP contribution in [-0.4, -0.2) is 27.2 Å². The standard InChI is InChI=1S/C33H26ClN3O4/c1-18-15-19(2)27-24(16-18)41-33(22-10-12-23(40-3)13-11-22)28(20-7-5-4-6-8-20)26-29(32(27,33)39)36-30(37-31(26)38)21-9-14-25(34)35-17-21/h4-17,28,39H,1-3H3,(H,36,37,38)/t28-,32+,33+/m1/s1. The molecule has 7 rings (SSSR count). The minimum atomic E-state index is -1.81. The van der Waals surface area contributed by atoms with Crippen LogP contribution in [0.25, 0.3) is 11.4 Å². The molecule has 0 unspecified atom stereocenters. The number of benzene rings is 3. The number of halogens is 1. The van der Waals surface area contributed by atoms with Gasteiger partial charge in [0.2, 0.25) is 0 Å². The normalized spacial score (nSPS) is 22.0. The van der Waals surface area contributed by atoms with Gasteiger partial charge < -0.3 is 19.6 Å². The number of aromatic nitrogens is 3. The van der Waals surface area contributed by atoms with E-state index in [1.807, 2.05) is 80.6 Å². The summed E-state index contributed by atoms with van der Waals surface area (Å²) in [7, 11) is 1.60. The second-order valence-electron chi connectivity index (χ2n) is 10.6. The number of hydrogen-bond acceptors (Lipinski definition) is 6. The van der Waals surface area contributed by atoms with Gasteiger partial charge in [0.1, 0.15) is 22.5 Å². The van der Waals surface area contributed by atoms with Crippen LogP contribution in [0.3, 0.4) is 0 Å². The Bertz CT molecular complexity index is 1870. The van der Waals surface area contributed by atoms with Gasteiger partial charge in [0, 0.05) is 22.9 Å². The molecule has 3 heterocycles. The molecule has 5 aromatic rings. The minimum Gasteiger partial charge on any atom is -0.497 e. The molecule has 0 saturated carbocycles. The lowest BCUT2D eigenvalue weighted by Gasteiger charge is -2.40. The van der Waals surface area contributed by atoms with Gasteiger partial charge in [-0.3, -0.25) is 4.79 Å². The molecular formula is C33H26ClN3O4. The summed E-state index contributed by atoms with van der Waals surface area (Å²) < 4.78 is 12.4. The number of aromatic amines is 1. The summed E-state index contributed by atoms with van der Waals surface area (Å²) in [4.78, 5) is 26.2. The SMILES string of the molecule is COc1ccc([C@@]23Oc4cc(C)cc(C)c4[C@]2(O)c2nc(-c4ccc(Cl)nc4)[nH]c(=O)c2[C@H]3c2ccccc2)cc1. The third-order valence-electron chi connectivity index (χ3n) is 8.26. The summed E-state index contributed by atoms with van der Waals surface area (Å²) in [6, 6.07) is 24.4. The van der Waals surface area contributed by atoms with E-state index in [1.165, 1.54) is 0 Å². The zero-order chi connectivity index (χ0) is 28.5. The van der Waals surface area contributed by atoms with Crippen molar-refractivity contribution in [2.45, 2.75) is 31.0 Å². The van der Waals surface area contributed by atoms with E-state index in [-0.39, 0.29) is 17.1 Å². The molecule has 8 heteroatoms. The van der Waals surface area contributed by atoms with E-state index in [0.29, 0.717) is 38.9 Å². The van der Waals surface area contributed by atoms with E-state index in [1.54, 1.807) is 25.4 Å². The van der Waals surface area contributed by atoms with Gasteiger partial charge in [0.15, 0.2) is 11.2 Å². The maximum Gasteiger partial charge on any atom is 0.255 e. The topological polar surface area (TPSA) is 97.3 Å². The third kappa shape index (κ3) is 3.46. The fourth-order valence-corrected chi connectivity index (χ4v) is 6.78. The quantitative estimate of drug-likeness (QED) is 0.269. The van der Waals surface area contributed by atoms with Crippen LogP contribution >= 0.6 is 11.6 Å². The summed E-state index contributed by atoms with van der Waals surface area (Å²) in [6.07, 6.45) is 1.55. The van der Waals surface area contributed by atoms with E-state index < -0.39 is 17.1 Å². The maximum atomic E-state index is 14.1. The molecule has 3 aromatic carbocycles. The lowest BCUT2D eigenvalue weighted by Crippen LogP contribution is -2.49. The van der Waals surface area contributed by atoms with Crippen molar-refractivity contribution >= 4 is 11.6 Å². The van der Waals surface area contributed by atoms with Crippen LogP contribution in [0, 0.1) is 13.8 Å². The number of H-pyrrole nitrogens is 1. The Morgan fingerprint density at radius 1 is 1.02 bits per heavy atom. The number of methoxy groups -OCH3 is 1. The first kappa shape index (κ1) is 25.5. The van der Waals surface area contributed by atoms with Crippen LogP contribution < -0.4 is 15.0 Å². The lowest BCUT2D eigenvalue weighted by atomic mass is 9.69. The highest BCUT2D eigenvalue weighted by Crippen LogP contribution is 2.68. The highest BCUT2D eigenvalue weighted by Gasteiger charge is 2.73. The average molecular weight is 564 g/mol. The van der Waals surface area contributed by atoms with E-state index in [0.717, 1.165) is 16.7 Å².